The zero-order valence-corrected chi connectivity index (χ0v) is 16.8. The van der Waals surface area contributed by atoms with Crippen molar-refractivity contribution in [2.75, 3.05) is 13.2 Å². The number of ether oxygens (including phenoxy) is 1. The first kappa shape index (κ1) is 18.9. The molecule has 1 aliphatic heterocycles. The van der Waals surface area contributed by atoms with E-state index < -0.39 is 0 Å². The number of hydrogen-bond acceptors (Lipinski definition) is 4. The maximum absolute atomic E-state index is 12.4. The third-order valence-corrected chi connectivity index (χ3v) is 6.16. The Morgan fingerprint density at radius 2 is 1.83 bits per heavy atom. The quantitative estimate of drug-likeness (QED) is 0.618. The van der Waals surface area contributed by atoms with Crippen LogP contribution in [0.25, 0.3) is 11.2 Å². The molecule has 0 unspecified atom stereocenters. The smallest absolute Gasteiger partial charge is 0.172 e. The number of imidazole rings is 1. The molecule has 5 nitrogen and oxygen atoms in total. The first-order chi connectivity index (χ1) is 14.7. The maximum atomic E-state index is 12.4. The summed E-state index contributed by atoms with van der Waals surface area (Å²) in [6.07, 6.45) is 8.66. The Hall–Kier alpha value is -3.05. The molecule has 2 aliphatic rings. The van der Waals surface area contributed by atoms with Gasteiger partial charge in [0.05, 0.1) is 12.1 Å². The molecule has 5 rings (SSSR count). The van der Waals surface area contributed by atoms with Gasteiger partial charge in [0.1, 0.15) is 11.4 Å². The zero-order chi connectivity index (χ0) is 20.5. The average Bonchev–Trinajstić information content (AvgIpc) is 3.26. The van der Waals surface area contributed by atoms with Crippen LogP contribution in [0.1, 0.15) is 54.0 Å². The Labute approximate surface area is 175 Å². The van der Waals surface area contributed by atoms with E-state index in [4.69, 9.17) is 4.74 Å². The predicted molar refractivity (Wildman–Crippen MR) is 114 cm³/mol. The molecule has 30 heavy (non-hydrogen) atoms. The molecule has 0 spiro atoms. The number of nitrogens with zero attached hydrogens (tertiary/aromatic N) is 2. The lowest BCUT2D eigenvalue weighted by molar-refractivity contribution is -0.124. The fraction of sp³-hybridized carbons (Fsp3) is 0.320. The highest BCUT2D eigenvalue weighted by Crippen LogP contribution is 2.28. The molecule has 1 saturated heterocycles. The largest absolute Gasteiger partial charge is 0.381 e. The lowest BCUT2D eigenvalue weighted by Crippen LogP contribution is -2.16. The van der Waals surface area contributed by atoms with Gasteiger partial charge in [-0.15, -0.1) is 0 Å². The molecule has 3 heterocycles. The monoisotopic (exact) mass is 400 g/mol. The third-order valence-electron chi connectivity index (χ3n) is 6.16. The van der Waals surface area contributed by atoms with Crippen LogP contribution >= 0.6 is 0 Å². The van der Waals surface area contributed by atoms with Gasteiger partial charge in [0, 0.05) is 44.0 Å². The molecule has 0 amide bonds. The van der Waals surface area contributed by atoms with Crippen molar-refractivity contribution in [3.8, 4) is 0 Å². The summed E-state index contributed by atoms with van der Waals surface area (Å²) in [5.74, 6) is 0.461. The standard InChI is InChI=1S/C25H24N2O3/c28-21-6-7-22(24(29)16-21)23-8-5-20(25-26-11-12-27(23)25)15-17-1-3-18(4-2-17)19-9-13-30-14-10-19/h1-5,7-8,11-12,19H,6,9-10,13-16H2. The molecule has 0 N–H and O–H groups in total. The van der Waals surface area contributed by atoms with Gasteiger partial charge in [-0.25, -0.2) is 4.98 Å². The van der Waals surface area contributed by atoms with Crippen LogP contribution in [-0.2, 0) is 20.7 Å². The first-order valence-corrected chi connectivity index (χ1v) is 10.6. The Balaban J connectivity index is 1.41. The van der Waals surface area contributed by atoms with Gasteiger partial charge in [-0.1, -0.05) is 36.4 Å². The zero-order valence-electron chi connectivity index (χ0n) is 16.8. The lowest BCUT2D eigenvalue weighted by atomic mass is 9.90. The Morgan fingerprint density at radius 1 is 1.03 bits per heavy atom. The van der Waals surface area contributed by atoms with Crippen LogP contribution in [0, 0.1) is 0 Å². The second-order valence-electron chi connectivity index (χ2n) is 8.13. The maximum Gasteiger partial charge on any atom is 0.172 e. The van der Waals surface area contributed by atoms with Crippen LogP contribution in [0.2, 0.25) is 0 Å². The third kappa shape index (κ3) is 3.61. The van der Waals surface area contributed by atoms with E-state index in [9.17, 15) is 9.59 Å². The van der Waals surface area contributed by atoms with Crippen LogP contribution in [0.3, 0.4) is 0 Å². The number of carbonyl (C=O) groups is 2. The number of hydrogen-bond donors (Lipinski definition) is 0. The molecule has 0 bridgehead atoms. The molecular formula is C25H24N2O3. The summed E-state index contributed by atoms with van der Waals surface area (Å²) in [7, 11) is 0. The van der Waals surface area contributed by atoms with Crippen molar-refractivity contribution in [2.24, 2.45) is 0 Å². The van der Waals surface area contributed by atoms with E-state index in [0.717, 1.165) is 49.4 Å². The Kier molecular flexibility index (Phi) is 5.05. The number of aromatic nitrogens is 2. The summed E-state index contributed by atoms with van der Waals surface area (Å²) in [5, 5.41) is 0. The average molecular weight is 400 g/mol. The van der Waals surface area contributed by atoms with Crippen LogP contribution in [-0.4, -0.2) is 34.2 Å². The molecule has 1 fully saturated rings. The molecule has 5 heteroatoms. The molecule has 3 aromatic rings. The molecule has 0 radical (unpaired) electrons. The summed E-state index contributed by atoms with van der Waals surface area (Å²) < 4.78 is 7.44. The second-order valence-corrected chi connectivity index (χ2v) is 8.13. The SMILES string of the molecule is O=C1CC=C(c2ccc(Cc3ccc(C4CCOCC4)cc3)c3nccn23)C(=O)C1. The highest BCUT2D eigenvalue weighted by molar-refractivity contribution is 6.27. The Morgan fingerprint density at radius 3 is 2.60 bits per heavy atom. The summed E-state index contributed by atoms with van der Waals surface area (Å²) in [5.41, 5.74) is 6.01. The number of fused-ring (bicyclic) bond motifs is 1. The highest BCUT2D eigenvalue weighted by atomic mass is 16.5. The van der Waals surface area contributed by atoms with Gasteiger partial charge in [-0.3, -0.25) is 14.0 Å². The molecule has 1 aromatic carbocycles. The van der Waals surface area contributed by atoms with Crippen LogP contribution < -0.4 is 0 Å². The molecule has 152 valence electrons. The minimum atomic E-state index is -0.113. The number of carbonyl (C=O) groups excluding carboxylic acids is 2. The summed E-state index contributed by atoms with van der Waals surface area (Å²) in [6, 6.07) is 12.9. The lowest BCUT2D eigenvalue weighted by Gasteiger charge is -2.22. The van der Waals surface area contributed by atoms with E-state index in [1.54, 1.807) is 12.3 Å². The first-order valence-electron chi connectivity index (χ1n) is 10.6. The topological polar surface area (TPSA) is 60.7 Å². The number of benzene rings is 1. The summed E-state index contributed by atoms with van der Waals surface area (Å²) in [6.45, 7) is 1.70. The summed E-state index contributed by atoms with van der Waals surface area (Å²) in [4.78, 5) is 28.5. The van der Waals surface area contributed by atoms with Crippen molar-refractivity contribution in [1.29, 1.82) is 0 Å². The number of ketones is 2. The van der Waals surface area contributed by atoms with Gasteiger partial charge in [-0.2, -0.15) is 0 Å². The van der Waals surface area contributed by atoms with E-state index in [1.165, 1.54) is 11.1 Å². The van der Waals surface area contributed by atoms with E-state index >= 15 is 0 Å². The van der Waals surface area contributed by atoms with Crippen LogP contribution in [0.15, 0.2) is 54.9 Å². The van der Waals surface area contributed by atoms with Gasteiger partial charge in [-0.05, 0) is 41.5 Å². The van der Waals surface area contributed by atoms with Gasteiger partial charge < -0.3 is 4.74 Å². The fourth-order valence-electron chi connectivity index (χ4n) is 4.51. The fourth-order valence-corrected chi connectivity index (χ4v) is 4.51. The molecule has 0 saturated carbocycles. The minimum Gasteiger partial charge on any atom is -0.381 e. The van der Waals surface area contributed by atoms with Crippen molar-refractivity contribution in [2.45, 2.75) is 38.0 Å². The number of allylic oxidation sites excluding steroid dienone is 2. The number of pyridine rings is 1. The normalized spacial score (nSPS) is 18.1. The predicted octanol–water partition coefficient (Wildman–Crippen LogP) is 4.13. The van der Waals surface area contributed by atoms with Crippen molar-refractivity contribution in [3.05, 3.63) is 77.3 Å². The van der Waals surface area contributed by atoms with Gasteiger partial charge >= 0.3 is 0 Å². The van der Waals surface area contributed by atoms with Gasteiger partial charge in [0.15, 0.2) is 5.78 Å². The summed E-state index contributed by atoms with van der Waals surface area (Å²) >= 11 is 0. The van der Waals surface area contributed by atoms with Crippen LogP contribution in [0.4, 0.5) is 0 Å². The van der Waals surface area contributed by atoms with Gasteiger partial charge in [0.2, 0.25) is 0 Å². The van der Waals surface area contributed by atoms with E-state index in [2.05, 4.69) is 35.3 Å². The molecule has 1 aliphatic carbocycles. The number of rotatable bonds is 4. The van der Waals surface area contributed by atoms with E-state index in [-0.39, 0.29) is 18.0 Å². The van der Waals surface area contributed by atoms with Crippen molar-refractivity contribution in [3.63, 3.8) is 0 Å². The second kappa shape index (κ2) is 8.00. The van der Waals surface area contributed by atoms with Crippen LogP contribution in [0.5, 0.6) is 0 Å². The van der Waals surface area contributed by atoms with Crippen molar-refractivity contribution in [1.82, 2.24) is 9.38 Å². The van der Waals surface area contributed by atoms with Gasteiger partial charge in [0.25, 0.3) is 0 Å². The van der Waals surface area contributed by atoms with Crippen molar-refractivity contribution < 1.29 is 14.3 Å². The Bertz CT molecular complexity index is 1130. The minimum absolute atomic E-state index is 0.0107. The van der Waals surface area contributed by atoms with Crippen molar-refractivity contribution >= 4 is 22.8 Å². The van der Waals surface area contributed by atoms with E-state index in [0.29, 0.717) is 17.9 Å². The number of Topliss-reactive ketones (excluding diaryl/α,β-unsaturated/α-hetero) is 2. The molecule has 2 aromatic heterocycles. The molecular weight excluding hydrogens is 376 g/mol. The highest BCUT2D eigenvalue weighted by Gasteiger charge is 2.23. The molecule has 0 atom stereocenters. The van der Waals surface area contributed by atoms with E-state index in [1.807, 2.05) is 16.7 Å².